The molecule has 0 saturated carbocycles. The molecule has 2 heterocycles. The SMILES string of the molecule is CCOc1ccc(Nc2nc(C(=O)Nc3ccc(S(=O)(=O)Nc4cc(C)nc(C)n4)cc3)cs2)cc1. The maximum absolute atomic E-state index is 12.7. The van der Waals surface area contributed by atoms with Gasteiger partial charge in [0, 0.05) is 28.5 Å². The topological polar surface area (TPSA) is 135 Å². The normalized spacial score (nSPS) is 11.1. The molecule has 0 aliphatic heterocycles. The quantitative estimate of drug-likeness (QED) is 0.286. The van der Waals surface area contributed by atoms with E-state index in [0.29, 0.717) is 28.9 Å². The molecule has 12 heteroatoms. The molecular formula is C24H24N6O4S2. The van der Waals surface area contributed by atoms with Crippen molar-refractivity contribution >= 4 is 49.6 Å². The fraction of sp³-hybridized carbons (Fsp3) is 0.167. The lowest BCUT2D eigenvalue weighted by Gasteiger charge is -2.09. The molecule has 0 spiro atoms. The van der Waals surface area contributed by atoms with Crippen LogP contribution in [0.5, 0.6) is 5.75 Å². The monoisotopic (exact) mass is 524 g/mol. The minimum atomic E-state index is -3.86. The average Bonchev–Trinajstić information content (AvgIpc) is 3.29. The molecule has 0 bridgehead atoms. The molecular weight excluding hydrogens is 500 g/mol. The Bertz CT molecular complexity index is 1450. The lowest BCUT2D eigenvalue weighted by Crippen LogP contribution is -2.15. The number of anilines is 4. The molecule has 4 rings (SSSR count). The van der Waals surface area contributed by atoms with Crippen molar-refractivity contribution in [3.63, 3.8) is 0 Å². The first-order chi connectivity index (χ1) is 17.2. The van der Waals surface area contributed by atoms with Crippen LogP contribution in [0.3, 0.4) is 0 Å². The van der Waals surface area contributed by atoms with Gasteiger partial charge in [-0.25, -0.2) is 23.4 Å². The molecule has 10 nitrogen and oxygen atoms in total. The lowest BCUT2D eigenvalue weighted by atomic mass is 10.3. The van der Waals surface area contributed by atoms with E-state index < -0.39 is 15.9 Å². The van der Waals surface area contributed by atoms with Crippen LogP contribution in [0.4, 0.5) is 22.3 Å². The number of benzene rings is 2. The number of aromatic nitrogens is 3. The van der Waals surface area contributed by atoms with Gasteiger partial charge in [-0.05, 0) is 69.3 Å². The molecule has 2 aromatic carbocycles. The largest absolute Gasteiger partial charge is 0.494 e. The average molecular weight is 525 g/mol. The van der Waals surface area contributed by atoms with E-state index in [0.717, 1.165) is 11.4 Å². The summed E-state index contributed by atoms with van der Waals surface area (Å²) < 4.78 is 33.3. The third-order valence-electron chi connectivity index (χ3n) is 4.78. The second-order valence-corrected chi connectivity index (χ2v) is 10.2. The van der Waals surface area contributed by atoms with Crippen LogP contribution in [-0.2, 0) is 10.0 Å². The number of hydrogen-bond acceptors (Lipinski definition) is 9. The zero-order chi connectivity index (χ0) is 25.7. The number of aryl methyl sites for hydroxylation is 2. The Morgan fingerprint density at radius 2 is 1.67 bits per heavy atom. The van der Waals surface area contributed by atoms with Gasteiger partial charge >= 0.3 is 0 Å². The lowest BCUT2D eigenvalue weighted by molar-refractivity contribution is 0.102. The summed E-state index contributed by atoms with van der Waals surface area (Å²) in [7, 11) is -3.86. The molecule has 36 heavy (non-hydrogen) atoms. The van der Waals surface area contributed by atoms with Gasteiger partial charge in [0.1, 0.15) is 23.1 Å². The molecule has 0 unspecified atom stereocenters. The Balaban J connectivity index is 1.38. The van der Waals surface area contributed by atoms with Crippen LogP contribution in [-0.4, -0.2) is 35.9 Å². The minimum absolute atomic E-state index is 0.0323. The first-order valence-electron chi connectivity index (χ1n) is 10.9. The van der Waals surface area contributed by atoms with Gasteiger partial charge in [-0.2, -0.15) is 0 Å². The summed E-state index contributed by atoms with van der Waals surface area (Å²) in [5, 5.41) is 8.08. The number of rotatable bonds is 9. The maximum Gasteiger partial charge on any atom is 0.275 e. The van der Waals surface area contributed by atoms with Crippen molar-refractivity contribution in [2.24, 2.45) is 0 Å². The van der Waals surface area contributed by atoms with Crippen LogP contribution >= 0.6 is 11.3 Å². The number of amides is 1. The fourth-order valence-electron chi connectivity index (χ4n) is 3.24. The number of carbonyl (C=O) groups is 1. The van der Waals surface area contributed by atoms with E-state index in [2.05, 4.69) is 30.3 Å². The zero-order valence-corrected chi connectivity index (χ0v) is 21.4. The number of sulfonamides is 1. The first-order valence-corrected chi connectivity index (χ1v) is 13.3. The summed E-state index contributed by atoms with van der Waals surface area (Å²) in [5.74, 6) is 1.02. The molecule has 186 valence electrons. The molecule has 4 aromatic rings. The van der Waals surface area contributed by atoms with Crippen LogP contribution in [0, 0.1) is 13.8 Å². The Hall–Kier alpha value is -4.03. The van der Waals surface area contributed by atoms with Crippen LogP contribution in [0.2, 0.25) is 0 Å². The van der Waals surface area contributed by atoms with E-state index in [-0.39, 0.29) is 16.4 Å². The molecule has 0 saturated heterocycles. The van der Waals surface area contributed by atoms with Gasteiger partial charge in [-0.1, -0.05) is 0 Å². The molecule has 0 atom stereocenters. The van der Waals surface area contributed by atoms with Crippen LogP contribution in [0.15, 0.2) is 64.9 Å². The minimum Gasteiger partial charge on any atom is -0.494 e. The smallest absolute Gasteiger partial charge is 0.275 e. The second-order valence-electron chi connectivity index (χ2n) is 7.65. The van der Waals surface area contributed by atoms with Gasteiger partial charge in [-0.15, -0.1) is 11.3 Å². The second kappa shape index (κ2) is 10.7. The van der Waals surface area contributed by atoms with Gasteiger partial charge in [0.25, 0.3) is 15.9 Å². The van der Waals surface area contributed by atoms with Crippen molar-refractivity contribution in [1.29, 1.82) is 0 Å². The fourth-order valence-corrected chi connectivity index (χ4v) is 4.94. The van der Waals surface area contributed by atoms with Gasteiger partial charge in [0.05, 0.1) is 11.5 Å². The Morgan fingerprint density at radius 1 is 0.972 bits per heavy atom. The van der Waals surface area contributed by atoms with Crippen molar-refractivity contribution < 1.29 is 17.9 Å². The van der Waals surface area contributed by atoms with Gasteiger partial charge in [-0.3, -0.25) is 9.52 Å². The number of nitrogens with zero attached hydrogens (tertiary/aromatic N) is 3. The van der Waals surface area contributed by atoms with E-state index in [9.17, 15) is 13.2 Å². The molecule has 3 N–H and O–H groups in total. The predicted octanol–water partition coefficient (Wildman–Crippen LogP) is 4.75. The summed E-state index contributed by atoms with van der Waals surface area (Å²) in [6.45, 7) is 5.95. The van der Waals surface area contributed by atoms with E-state index in [1.165, 1.54) is 35.6 Å². The van der Waals surface area contributed by atoms with Gasteiger partial charge < -0.3 is 15.4 Å². The highest BCUT2D eigenvalue weighted by Crippen LogP contribution is 2.24. The highest BCUT2D eigenvalue weighted by atomic mass is 32.2. The summed E-state index contributed by atoms with van der Waals surface area (Å²) in [5.41, 5.74) is 2.14. The molecule has 0 aliphatic rings. The van der Waals surface area contributed by atoms with Crippen LogP contribution in [0.1, 0.15) is 28.9 Å². The molecule has 2 aromatic heterocycles. The van der Waals surface area contributed by atoms with Gasteiger partial charge in [0.2, 0.25) is 0 Å². The standard InChI is InChI=1S/C24H24N6O4S2/c1-4-34-19-9-5-18(6-10-19)28-24-29-21(14-35-24)23(31)27-17-7-11-20(12-8-17)36(32,33)30-22-13-15(2)25-16(3)26-22/h5-14H,4H2,1-3H3,(H,27,31)(H,28,29)(H,25,26,30). The number of nitrogens with one attached hydrogen (secondary N) is 3. The van der Waals surface area contributed by atoms with Crippen LogP contribution < -0.4 is 20.1 Å². The van der Waals surface area contributed by atoms with E-state index in [4.69, 9.17) is 4.74 Å². The van der Waals surface area contributed by atoms with Crippen molar-refractivity contribution in [2.75, 3.05) is 22.0 Å². The van der Waals surface area contributed by atoms with Crippen molar-refractivity contribution in [2.45, 2.75) is 25.7 Å². The van der Waals surface area contributed by atoms with Crippen molar-refractivity contribution in [3.8, 4) is 5.75 Å². The summed E-state index contributed by atoms with van der Waals surface area (Å²) in [4.78, 5) is 25.2. The Labute approximate surface area is 212 Å². The maximum atomic E-state index is 12.7. The van der Waals surface area contributed by atoms with E-state index in [1.54, 1.807) is 25.3 Å². The highest BCUT2D eigenvalue weighted by Gasteiger charge is 2.17. The zero-order valence-electron chi connectivity index (χ0n) is 19.8. The number of ether oxygens (including phenoxy) is 1. The first kappa shape index (κ1) is 25.1. The van der Waals surface area contributed by atoms with E-state index >= 15 is 0 Å². The third-order valence-corrected chi connectivity index (χ3v) is 6.91. The molecule has 0 fully saturated rings. The molecule has 0 radical (unpaired) electrons. The van der Waals surface area contributed by atoms with Crippen molar-refractivity contribution in [1.82, 2.24) is 15.0 Å². The van der Waals surface area contributed by atoms with E-state index in [1.807, 2.05) is 31.2 Å². The number of thiazole rings is 1. The summed E-state index contributed by atoms with van der Waals surface area (Å²) >= 11 is 1.29. The Kier molecular flexibility index (Phi) is 7.46. The number of hydrogen-bond donors (Lipinski definition) is 3. The molecule has 0 aliphatic carbocycles. The highest BCUT2D eigenvalue weighted by molar-refractivity contribution is 7.92. The predicted molar refractivity (Wildman–Crippen MR) is 140 cm³/mol. The summed E-state index contributed by atoms with van der Waals surface area (Å²) in [6, 6.07) is 14.8. The Morgan fingerprint density at radius 3 is 2.33 bits per heavy atom. The van der Waals surface area contributed by atoms with Gasteiger partial charge in [0.15, 0.2) is 5.13 Å². The van der Waals surface area contributed by atoms with Crippen molar-refractivity contribution in [3.05, 3.63) is 77.2 Å². The van der Waals surface area contributed by atoms with Crippen LogP contribution in [0.25, 0.3) is 0 Å². The number of carbonyl (C=O) groups excluding carboxylic acids is 1. The third kappa shape index (κ3) is 6.34. The molecule has 1 amide bonds. The summed E-state index contributed by atoms with van der Waals surface area (Å²) in [6.07, 6.45) is 0.